The molecule has 0 aliphatic carbocycles. The highest BCUT2D eigenvalue weighted by Gasteiger charge is 2.10. The van der Waals surface area contributed by atoms with E-state index in [1.165, 1.54) is 6.92 Å². The van der Waals surface area contributed by atoms with Gasteiger partial charge in [0.25, 0.3) is 0 Å². The number of Topliss-reactive ketones (excluding diaryl/α,β-unsaturated/α-hetero) is 1. The van der Waals surface area contributed by atoms with Gasteiger partial charge in [0, 0.05) is 18.0 Å². The van der Waals surface area contributed by atoms with Gasteiger partial charge in [-0.1, -0.05) is 0 Å². The maximum absolute atomic E-state index is 11.6. The number of nitrogens with one attached hydrogen (secondary N) is 1. The summed E-state index contributed by atoms with van der Waals surface area (Å²) in [6.07, 6.45) is 0.709. The minimum absolute atomic E-state index is 0.00120. The molecule has 0 aliphatic rings. The average molecular weight is 307 g/mol. The lowest BCUT2D eigenvalue weighted by Crippen LogP contribution is -2.34. The number of hydrogen-bond donors (Lipinski definition) is 2. The first-order chi connectivity index (χ1) is 10.4. The predicted octanol–water partition coefficient (Wildman–Crippen LogP) is 2.03. The van der Waals surface area contributed by atoms with Crippen LogP contribution in [-0.4, -0.2) is 35.4 Å². The highest BCUT2D eigenvalue weighted by Crippen LogP contribution is 2.13. The number of carbonyl (C=O) groups is 3. The number of ketones is 1. The van der Waals surface area contributed by atoms with E-state index >= 15 is 0 Å². The summed E-state index contributed by atoms with van der Waals surface area (Å²) >= 11 is 0. The van der Waals surface area contributed by atoms with Crippen LogP contribution in [0.15, 0.2) is 24.3 Å². The topological polar surface area (TPSA) is 92.7 Å². The predicted molar refractivity (Wildman–Crippen MR) is 81.0 cm³/mol. The molecule has 1 atom stereocenters. The Kier molecular flexibility index (Phi) is 7.08. The van der Waals surface area contributed by atoms with Crippen molar-refractivity contribution in [3.8, 4) is 5.75 Å². The van der Waals surface area contributed by atoms with Crippen molar-refractivity contribution in [1.29, 1.82) is 0 Å². The molecular formula is C16H21NO5. The number of carbonyl (C=O) groups excluding carboxylic acids is 2. The molecule has 6 nitrogen and oxygen atoms in total. The second kappa shape index (κ2) is 8.81. The van der Waals surface area contributed by atoms with Crippen molar-refractivity contribution in [2.24, 2.45) is 0 Å². The zero-order chi connectivity index (χ0) is 16.5. The van der Waals surface area contributed by atoms with E-state index in [-0.39, 0.29) is 30.6 Å². The van der Waals surface area contributed by atoms with Gasteiger partial charge in [-0.05, 0) is 44.5 Å². The molecule has 0 radical (unpaired) electrons. The van der Waals surface area contributed by atoms with Gasteiger partial charge in [0.1, 0.15) is 5.75 Å². The van der Waals surface area contributed by atoms with Crippen LogP contribution < -0.4 is 10.1 Å². The van der Waals surface area contributed by atoms with Gasteiger partial charge in [-0.2, -0.15) is 0 Å². The lowest BCUT2D eigenvalue weighted by molar-refractivity contribution is -0.137. The molecule has 0 aliphatic heterocycles. The number of hydrogen-bond acceptors (Lipinski definition) is 4. The van der Waals surface area contributed by atoms with Crippen molar-refractivity contribution in [1.82, 2.24) is 5.32 Å². The number of carboxylic acid groups (broad SMARTS) is 1. The number of amides is 1. The molecule has 1 aromatic carbocycles. The Morgan fingerprint density at radius 2 is 1.86 bits per heavy atom. The van der Waals surface area contributed by atoms with Crippen LogP contribution in [0.4, 0.5) is 0 Å². The molecular weight excluding hydrogens is 286 g/mol. The van der Waals surface area contributed by atoms with E-state index in [1.807, 2.05) is 0 Å². The van der Waals surface area contributed by atoms with E-state index in [1.54, 1.807) is 31.2 Å². The first kappa shape index (κ1) is 17.7. The molecule has 0 heterocycles. The highest BCUT2D eigenvalue weighted by atomic mass is 16.5. The summed E-state index contributed by atoms with van der Waals surface area (Å²) in [6, 6.07) is 6.43. The van der Waals surface area contributed by atoms with Crippen molar-refractivity contribution in [3.63, 3.8) is 0 Å². The molecule has 0 bridgehead atoms. The SMILES string of the molecule is CC(=O)c1ccc(OCCCC(=O)NC(C)CC(=O)O)cc1. The van der Waals surface area contributed by atoms with Crippen molar-refractivity contribution < 1.29 is 24.2 Å². The van der Waals surface area contributed by atoms with Gasteiger partial charge in [-0.25, -0.2) is 0 Å². The summed E-state index contributed by atoms with van der Waals surface area (Å²) in [5.41, 5.74) is 0.624. The zero-order valence-electron chi connectivity index (χ0n) is 12.8. The average Bonchev–Trinajstić information content (AvgIpc) is 2.43. The molecule has 1 unspecified atom stereocenters. The number of ether oxygens (including phenoxy) is 1. The third-order valence-electron chi connectivity index (χ3n) is 2.97. The maximum Gasteiger partial charge on any atom is 0.305 e. The third kappa shape index (κ3) is 6.88. The Morgan fingerprint density at radius 3 is 2.41 bits per heavy atom. The van der Waals surface area contributed by atoms with Gasteiger partial charge < -0.3 is 15.2 Å². The highest BCUT2D eigenvalue weighted by molar-refractivity contribution is 5.94. The van der Waals surface area contributed by atoms with Gasteiger partial charge in [0.15, 0.2) is 5.78 Å². The van der Waals surface area contributed by atoms with Crippen LogP contribution >= 0.6 is 0 Å². The molecule has 1 amide bonds. The molecule has 120 valence electrons. The lowest BCUT2D eigenvalue weighted by Gasteiger charge is -2.11. The van der Waals surface area contributed by atoms with Crippen molar-refractivity contribution in [2.75, 3.05) is 6.61 Å². The van der Waals surface area contributed by atoms with E-state index in [0.29, 0.717) is 24.3 Å². The van der Waals surface area contributed by atoms with Crippen LogP contribution in [0.2, 0.25) is 0 Å². The van der Waals surface area contributed by atoms with Crippen LogP contribution in [0.3, 0.4) is 0 Å². The molecule has 0 spiro atoms. The van der Waals surface area contributed by atoms with Gasteiger partial charge in [-0.3, -0.25) is 14.4 Å². The standard InChI is InChI=1S/C16H21NO5/c1-11(10-16(20)21)17-15(19)4-3-9-22-14-7-5-13(6-8-14)12(2)18/h5-8,11H,3-4,9-10H2,1-2H3,(H,17,19)(H,20,21). The van der Waals surface area contributed by atoms with E-state index < -0.39 is 5.97 Å². The molecule has 22 heavy (non-hydrogen) atoms. The van der Waals surface area contributed by atoms with E-state index in [0.717, 1.165) is 0 Å². The third-order valence-corrected chi connectivity index (χ3v) is 2.97. The summed E-state index contributed by atoms with van der Waals surface area (Å²) in [5, 5.41) is 11.2. The van der Waals surface area contributed by atoms with E-state index in [2.05, 4.69) is 5.32 Å². The van der Waals surface area contributed by atoms with Crippen molar-refractivity contribution >= 4 is 17.7 Å². The summed E-state index contributed by atoms with van der Waals surface area (Å²) in [4.78, 5) is 33.2. The van der Waals surface area contributed by atoms with Crippen LogP contribution in [0, 0.1) is 0 Å². The molecule has 0 saturated carbocycles. The van der Waals surface area contributed by atoms with E-state index in [9.17, 15) is 14.4 Å². The normalized spacial score (nSPS) is 11.5. The molecule has 0 fully saturated rings. The van der Waals surface area contributed by atoms with E-state index in [4.69, 9.17) is 9.84 Å². The largest absolute Gasteiger partial charge is 0.494 e. The van der Waals surface area contributed by atoms with Gasteiger partial charge in [0.2, 0.25) is 5.91 Å². The van der Waals surface area contributed by atoms with Gasteiger partial charge in [-0.15, -0.1) is 0 Å². The molecule has 1 rings (SSSR count). The summed E-state index contributed by atoms with van der Waals surface area (Å²) in [7, 11) is 0. The second-order valence-corrected chi connectivity index (χ2v) is 5.10. The molecule has 0 aromatic heterocycles. The molecule has 0 saturated heterocycles. The van der Waals surface area contributed by atoms with Crippen LogP contribution in [0.25, 0.3) is 0 Å². The van der Waals surface area contributed by atoms with Crippen molar-refractivity contribution in [2.45, 2.75) is 39.2 Å². The number of rotatable bonds is 9. The smallest absolute Gasteiger partial charge is 0.305 e. The first-order valence-electron chi connectivity index (χ1n) is 7.13. The molecule has 1 aromatic rings. The Balaban J connectivity index is 2.23. The summed E-state index contributed by atoms with van der Waals surface area (Å²) in [5.74, 6) is -0.488. The Labute approximate surface area is 129 Å². The minimum Gasteiger partial charge on any atom is -0.494 e. The van der Waals surface area contributed by atoms with Gasteiger partial charge >= 0.3 is 5.97 Å². The Morgan fingerprint density at radius 1 is 1.23 bits per heavy atom. The number of aliphatic carboxylic acids is 1. The van der Waals surface area contributed by atoms with Crippen LogP contribution in [0.1, 0.15) is 43.5 Å². The fraction of sp³-hybridized carbons (Fsp3) is 0.438. The molecule has 2 N–H and O–H groups in total. The van der Waals surface area contributed by atoms with Crippen LogP contribution in [0.5, 0.6) is 5.75 Å². The fourth-order valence-electron chi connectivity index (χ4n) is 1.87. The number of benzene rings is 1. The lowest BCUT2D eigenvalue weighted by atomic mass is 10.1. The first-order valence-corrected chi connectivity index (χ1v) is 7.13. The monoisotopic (exact) mass is 307 g/mol. The van der Waals surface area contributed by atoms with Crippen molar-refractivity contribution in [3.05, 3.63) is 29.8 Å². The minimum atomic E-state index is -0.940. The second-order valence-electron chi connectivity index (χ2n) is 5.10. The maximum atomic E-state index is 11.6. The number of carboxylic acids is 1. The zero-order valence-corrected chi connectivity index (χ0v) is 12.8. The Bertz CT molecular complexity index is 524. The molecule has 6 heteroatoms. The Hall–Kier alpha value is -2.37. The quantitative estimate of drug-likeness (QED) is 0.538. The van der Waals surface area contributed by atoms with Crippen LogP contribution in [-0.2, 0) is 9.59 Å². The summed E-state index contributed by atoms with van der Waals surface area (Å²) < 4.78 is 5.48. The summed E-state index contributed by atoms with van der Waals surface area (Å²) in [6.45, 7) is 3.53. The fourth-order valence-corrected chi connectivity index (χ4v) is 1.87. The van der Waals surface area contributed by atoms with Gasteiger partial charge in [0.05, 0.1) is 13.0 Å².